The van der Waals surface area contributed by atoms with Gasteiger partial charge in [0.05, 0.1) is 4.47 Å². The number of ether oxygens (including phenoxy) is 2. The molecule has 0 heterocycles. The molecule has 0 aliphatic rings. The molecule has 1 aromatic carbocycles. The first kappa shape index (κ1) is 13.0. The highest BCUT2D eigenvalue weighted by molar-refractivity contribution is 9.10. The predicted octanol–water partition coefficient (Wildman–Crippen LogP) is 3.95. The van der Waals surface area contributed by atoms with E-state index in [4.69, 9.17) is 0 Å². The first-order valence-electron chi connectivity index (χ1n) is 3.78. The van der Waals surface area contributed by atoms with E-state index >= 15 is 0 Å². The predicted molar refractivity (Wildman–Crippen MR) is 47.5 cm³/mol. The molecule has 0 saturated heterocycles. The highest BCUT2D eigenvalue weighted by Crippen LogP contribution is 2.32. The monoisotopic (exact) mass is 306 g/mol. The molecule has 0 radical (unpaired) electrons. The fourth-order valence-corrected chi connectivity index (χ4v) is 1.32. The molecule has 2 nitrogen and oxygen atoms in total. The zero-order valence-electron chi connectivity index (χ0n) is 7.39. The van der Waals surface area contributed by atoms with Crippen LogP contribution < -0.4 is 9.47 Å². The van der Waals surface area contributed by atoms with Crippen LogP contribution in [0.4, 0.5) is 22.0 Å². The van der Waals surface area contributed by atoms with E-state index in [-0.39, 0.29) is 10.2 Å². The molecule has 0 amide bonds. The minimum absolute atomic E-state index is 0.0606. The van der Waals surface area contributed by atoms with Crippen molar-refractivity contribution in [3.8, 4) is 11.5 Å². The average Bonchev–Trinajstić information content (AvgIpc) is 2.06. The molecule has 0 aliphatic heterocycles. The van der Waals surface area contributed by atoms with E-state index in [1.165, 1.54) is 0 Å². The van der Waals surface area contributed by atoms with Crippen LogP contribution in [0.15, 0.2) is 22.7 Å². The molecule has 0 N–H and O–H groups in total. The van der Waals surface area contributed by atoms with Crippen molar-refractivity contribution < 1.29 is 31.4 Å². The number of hydrogen-bond donors (Lipinski definition) is 0. The van der Waals surface area contributed by atoms with Gasteiger partial charge in [-0.05, 0) is 34.1 Å². The molecule has 8 heteroatoms. The summed E-state index contributed by atoms with van der Waals surface area (Å²) in [5.41, 5.74) is 0. The highest BCUT2D eigenvalue weighted by atomic mass is 79.9. The lowest BCUT2D eigenvalue weighted by Crippen LogP contribution is -2.17. The van der Waals surface area contributed by atoms with Crippen molar-refractivity contribution in [2.24, 2.45) is 0 Å². The van der Waals surface area contributed by atoms with Crippen molar-refractivity contribution in [2.45, 2.75) is 13.0 Å². The summed E-state index contributed by atoms with van der Waals surface area (Å²) in [4.78, 5) is 0. The van der Waals surface area contributed by atoms with Gasteiger partial charge in [0.2, 0.25) is 0 Å². The third-order valence-electron chi connectivity index (χ3n) is 1.35. The number of benzene rings is 1. The number of halogens is 6. The first-order valence-corrected chi connectivity index (χ1v) is 4.57. The lowest BCUT2D eigenvalue weighted by atomic mass is 10.3. The molecule has 0 saturated carbocycles. The van der Waals surface area contributed by atoms with Crippen molar-refractivity contribution in [2.75, 3.05) is 0 Å². The van der Waals surface area contributed by atoms with Gasteiger partial charge in [-0.15, -0.1) is 13.2 Å². The van der Waals surface area contributed by atoms with Crippen molar-refractivity contribution in [1.29, 1.82) is 0 Å². The smallest absolute Gasteiger partial charge is 0.434 e. The van der Waals surface area contributed by atoms with Crippen LogP contribution in [0.25, 0.3) is 0 Å². The standard InChI is InChI=1S/C8H4BrF5O2/c9-5-3-4(16-8(12,13)14)1-2-6(5)15-7(10)11/h1-3,7H. The third-order valence-corrected chi connectivity index (χ3v) is 1.97. The molecule has 0 unspecified atom stereocenters. The van der Waals surface area contributed by atoms with E-state index in [1.54, 1.807) is 0 Å². The summed E-state index contributed by atoms with van der Waals surface area (Å²) in [5, 5.41) is 0. The zero-order valence-corrected chi connectivity index (χ0v) is 8.98. The second-order valence-electron chi connectivity index (χ2n) is 2.52. The molecule has 0 aromatic heterocycles. The van der Waals surface area contributed by atoms with Crippen LogP contribution in [-0.4, -0.2) is 13.0 Å². The minimum atomic E-state index is -4.83. The quantitative estimate of drug-likeness (QED) is 0.787. The van der Waals surface area contributed by atoms with E-state index in [2.05, 4.69) is 25.4 Å². The summed E-state index contributed by atoms with van der Waals surface area (Å²) < 4.78 is 66.5. The van der Waals surface area contributed by atoms with Crippen molar-refractivity contribution >= 4 is 15.9 Å². The first-order chi connectivity index (χ1) is 7.28. The van der Waals surface area contributed by atoms with Gasteiger partial charge in [-0.3, -0.25) is 0 Å². The maximum Gasteiger partial charge on any atom is 0.573 e. The van der Waals surface area contributed by atoms with Gasteiger partial charge < -0.3 is 9.47 Å². The van der Waals surface area contributed by atoms with Gasteiger partial charge in [-0.1, -0.05) is 0 Å². The molecule has 90 valence electrons. The van der Waals surface area contributed by atoms with Crippen LogP contribution >= 0.6 is 15.9 Å². The average molecular weight is 307 g/mol. The number of rotatable bonds is 3. The summed E-state index contributed by atoms with van der Waals surface area (Å²) in [5.74, 6) is -0.800. The molecule has 0 atom stereocenters. The zero-order chi connectivity index (χ0) is 12.3. The maximum atomic E-state index is 11.8. The van der Waals surface area contributed by atoms with Gasteiger partial charge in [0.25, 0.3) is 0 Å². The summed E-state index contributed by atoms with van der Waals surface area (Å²) in [7, 11) is 0. The van der Waals surface area contributed by atoms with Crippen LogP contribution in [0.3, 0.4) is 0 Å². The Morgan fingerprint density at radius 2 is 1.81 bits per heavy atom. The Balaban J connectivity index is 2.83. The van der Waals surface area contributed by atoms with Gasteiger partial charge in [0, 0.05) is 0 Å². The Morgan fingerprint density at radius 1 is 1.19 bits per heavy atom. The van der Waals surface area contributed by atoms with Crippen LogP contribution in [-0.2, 0) is 0 Å². The SMILES string of the molecule is FC(F)Oc1ccc(OC(F)(F)F)cc1Br. The molecule has 0 aliphatic carbocycles. The van der Waals surface area contributed by atoms with E-state index < -0.39 is 18.7 Å². The van der Waals surface area contributed by atoms with Crippen molar-refractivity contribution in [3.63, 3.8) is 0 Å². The summed E-state index contributed by atoms with van der Waals surface area (Å²) in [6, 6.07) is 2.69. The van der Waals surface area contributed by atoms with Gasteiger partial charge in [0.1, 0.15) is 11.5 Å². The Hall–Kier alpha value is -1.05. The largest absolute Gasteiger partial charge is 0.573 e. The fraction of sp³-hybridized carbons (Fsp3) is 0.250. The van der Waals surface area contributed by atoms with E-state index in [1.807, 2.05) is 0 Å². The van der Waals surface area contributed by atoms with Gasteiger partial charge in [0.15, 0.2) is 0 Å². The second-order valence-corrected chi connectivity index (χ2v) is 3.37. The Morgan fingerprint density at radius 3 is 2.25 bits per heavy atom. The Kier molecular flexibility index (Phi) is 3.95. The molecule has 0 fully saturated rings. The van der Waals surface area contributed by atoms with Crippen LogP contribution in [0.5, 0.6) is 11.5 Å². The summed E-state index contributed by atoms with van der Waals surface area (Å²) in [6.45, 7) is -3.05. The van der Waals surface area contributed by atoms with Gasteiger partial charge >= 0.3 is 13.0 Å². The summed E-state index contributed by atoms with van der Waals surface area (Å²) in [6.07, 6.45) is -4.83. The minimum Gasteiger partial charge on any atom is -0.434 e. The second kappa shape index (κ2) is 4.86. The fourth-order valence-electron chi connectivity index (χ4n) is 0.870. The van der Waals surface area contributed by atoms with E-state index in [0.29, 0.717) is 0 Å². The van der Waals surface area contributed by atoms with Crippen LogP contribution in [0.1, 0.15) is 0 Å². The molecule has 0 spiro atoms. The van der Waals surface area contributed by atoms with E-state index in [0.717, 1.165) is 18.2 Å². The Labute approximate surface area is 95.1 Å². The van der Waals surface area contributed by atoms with Gasteiger partial charge in [-0.25, -0.2) is 0 Å². The third kappa shape index (κ3) is 4.21. The molecular weight excluding hydrogens is 303 g/mol. The molecule has 0 bridgehead atoms. The normalized spacial score (nSPS) is 11.7. The molecular formula is C8H4BrF5O2. The lowest BCUT2D eigenvalue weighted by molar-refractivity contribution is -0.274. The topological polar surface area (TPSA) is 18.5 Å². The highest BCUT2D eigenvalue weighted by Gasteiger charge is 2.31. The van der Waals surface area contributed by atoms with Gasteiger partial charge in [-0.2, -0.15) is 8.78 Å². The molecule has 16 heavy (non-hydrogen) atoms. The van der Waals surface area contributed by atoms with E-state index in [9.17, 15) is 22.0 Å². The van der Waals surface area contributed by atoms with Crippen LogP contribution in [0, 0.1) is 0 Å². The Bertz CT molecular complexity index is 366. The molecule has 1 rings (SSSR count). The maximum absolute atomic E-state index is 11.8. The van der Waals surface area contributed by atoms with Crippen LogP contribution in [0.2, 0.25) is 0 Å². The summed E-state index contributed by atoms with van der Waals surface area (Å²) >= 11 is 2.78. The number of hydrogen-bond acceptors (Lipinski definition) is 2. The van der Waals surface area contributed by atoms with Crippen molar-refractivity contribution in [3.05, 3.63) is 22.7 Å². The van der Waals surface area contributed by atoms with Crippen molar-refractivity contribution in [1.82, 2.24) is 0 Å². The lowest BCUT2D eigenvalue weighted by Gasteiger charge is -2.11. The number of alkyl halides is 5. The molecule has 1 aromatic rings.